The fourth-order valence-corrected chi connectivity index (χ4v) is 2.00. The minimum absolute atomic E-state index is 0.181. The van der Waals surface area contributed by atoms with Gasteiger partial charge >= 0.3 is 0 Å². The van der Waals surface area contributed by atoms with Crippen molar-refractivity contribution in [1.29, 1.82) is 0 Å². The summed E-state index contributed by atoms with van der Waals surface area (Å²) < 4.78 is 0. The highest BCUT2D eigenvalue weighted by atomic mass is 16.4. The summed E-state index contributed by atoms with van der Waals surface area (Å²) in [6.07, 6.45) is -3.86. The molecule has 1 aliphatic heterocycles. The lowest BCUT2D eigenvalue weighted by atomic mass is 9.95. The third-order valence-corrected chi connectivity index (χ3v) is 3.17. The van der Waals surface area contributed by atoms with Crippen molar-refractivity contribution < 1.29 is 20.4 Å². The zero-order valence-corrected chi connectivity index (χ0v) is 10.3. The van der Waals surface area contributed by atoms with Gasteiger partial charge in [-0.2, -0.15) is 0 Å². The van der Waals surface area contributed by atoms with Gasteiger partial charge in [-0.15, -0.1) is 0 Å². The third kappa shape index (κ3) is 3.10. The number of nitrogens with zero attached hydrogens (tertiary/aromatic N) is 1. The summed E-state index contributed by atoms with van der Waals surface area (Å²) in [7, 11) is 0. The Hall–Kier alpha value is -1.47. The highest BCUT2D eigenvalue weighted by Gasteiger charge is 2.39. The molecule has 0 bridgehead atoms. The normalized spacial score (nSPS) is 33.2. The van der Waals surface area contributed by atoms with Crippen molar-refractivity contribution in [2.24, 2.45) is 4.99 Å². The van der Waals surface area contributed by atoms with Crippen molar-refractivity contribution in [3.8, 4) is 0 Å². The minimum Gasteiger partial charge on any atom is -0.394 e. The van der Waals surface area contributed by atoms with E-state index in [1.807, 2.05) is 30.3 Å². The minimum atomic E-state index is -1.35. The average molecular weight is 266 g/mol. The number of aliphatic hydroxyl groups is 4. The van der Waals surface area contributed by atoms with Crippen LogP contribution in [0.1, 0.15) is 5.56 Å². The summed E-state index contributed by atoms with van der Waals surface area (Å²) in [4.78, 5) is 4.19. The van der Waals surface area contributed by atoms with E-state index in [1.165, 1.54) is 0 Å². The molecular formula is C13H18N2O4. The number of piperidine rings is 1. The lowest BCUT2D eigenvalue weighted by molar-refractivity contribution is -0.0681. The summed E-state index contributed by atoms with van der Waals surface area (Å²) >= 11 is 0. The SMILES string of the molecule is OC[C@H]1NC(=NCc2ccccc2)[C@@H](O)[C@@H](O)[C@@H]1O. The van der Waals surface area contributed by atoms with Gasteiger partial charge in [0.1, 0.15) is 24.1 Å². The Bertz CT molecular complexity index is 436. The molecule has 0 aromatic heterocycles. The first-order valence-electron chi connectivity index (χ1n) is 6.13. The number of hydrogen-bond acceptors (Lipinski definition) is 5. The zero-order chi connectivity index (χ0) is 13.8. The fraction of sp³-hybridized carbons (Fsp3) is 0.462. The van der Waals surface area contributed by atoms with Gasteiger partial charge in [0.25, 0.3) is 0 Å². The van der Waals surface area contributed by atoms with E-state index in [2.05, 4.69) is 10.3 Å². The molecule has 1 fully saturated rings. The quantitative estimate of drug-likeness (QED) is 0.464. The lowest BCUT2D eigenvalue weighted by Gasteiger charge is -2.36. The lowest BCUT2D eigenvalue weighted by Crippen LogP contribution is -2.63. The average Bonchev–Trinajstić information content (AvgIpc) is 2.45. The van der Waals surface area contributed by atoms with Crippen molar-refractivity contribution in [3.05, 3.63) is 35.9 Å². The molecular weight excluding hydrogens is 248 g/mol. The predicted octanol–water partition coefficient (Wildman–Crippen LogP) is -1.37. The largest absolute Gasteiger partial charge is 0.394 e. The van der Waals surface area contributed by atoms with Gasteiger partial charge in [-0.3, -0.25) is 4.99 Å². The van der Waals surface area contributed by atoms with E-state index in [-0.39, 0.29) is 12.4 Å². The van der Waals surface area contributed by atoms with Gasteiger partial charge in [-0.1, -0.05) is 30.3 Å². The number of nitrogens with one attached hydrogen (secondary N) is 1. The Balaban J connectivity index is 2.10. The Morgan fingerprint density at radius 2 is 1.74 bits per heavy atom. The first kappa shape index (κ1) is 14.0. The van der Waals surface area contributed by atoms with Crippen LogP contribution < -0.4 is 5.32 Å². The maximum absolute atomic E-state index is 9.81. The topological polar surface area (TPSA) is 105 Å². The highest BCUT2D eigenvalue weighted by molar-refractivity contribution is 5.88. The summed E-state index contributed by atoms with van der Waals surface area (Å²) in [5, 5.41) is 41.0. The third-order valence-electron chi connectivity index (χ3n) is 3.17. The van der Waals surface area contributed by atoms with Crippen LogP contribution in [0.5, 0.6) is 0 Å². The molecule has 1 heterocycles. The molecule has 6 nitrogen and oxygen atoms in total. The van der Waals surface area contributed by atoms with Crippen LogP contribution in [-0.4, -0.2) is 57.2 Å². The van der Waals surface area contributed by atoms with Gasteiger partial charge in [0.05, 0.1) is 19.2 Å². The first-order chi connectivity index (χ1) is 9.13. The Kier molecular flexibility index (Phi) is 4.49. The van der Waals surface area contributed by atoms with Gasteiger partial charge in [-0.25, -0.2) is 0 Å². The van der Waals surface area contributed by atoms with Crippen LogP contribution in [0.3, 0.4) is 0 Å². The van der Waals surface area contributed by atoms with Gasteiger partial charge in [0.15, 0.2) is 0 Å². The first-order valence-corrected chi connectivity index (χ1v) is 6.13. The monoisotopic (exact) mass is 266 g/mol. The Morgan fingerprint density at radius 1 is 1.05 bits per heavy atom. The van der Waals surface area contributed by atoms with Crippen molar-refractivity contribution in [2.75, 3.05) is 6.61 Å². The molecule has 1 aromatic carbocycles. The van der Waals surface area contributed by atoms with E-state index < -0.39 is 24.4 Å². The molecule has 19 heavy (non-hydrogen) atoms. The molecule has 4 atom stereocenters. The molecule has 2 rings (SSSR count). The number of hydrogen-bond donors (Lipinski definition) is 5. The van der Waals surface area contributed by atoms with Crippen LogP contribution in [0.2, 0.25) is 0 Å². The number of aliphatic imine (C=N–C) groups is 1. The van der Waals surface area contributed by atoms with Crippen LogP contribution in [-0.2, 0) is 6.54 Å². The van der Waals surface area contributed by atoms with Crippen molar-refractivity contribution >= 4 is 5.84 Å². The molecule has 6 heteroatoms. The number of aliphatic hydroxyl groups excluding tert-OH is 4. The molecule has 104 valence electrons. The molecule has 1 aliphatic rings. The van der Waals surface area contributed by atoms with Gasteiger partial charge < -0.3 is 25.7 Å². The van der Waals surface area contributed by atoms with Crippen LogP contribution in [0, 0.1) is 0 Å². The van der Waals surface area contributed by atoms with E-state index in [0.717, 1.165) is 5.56 Å². The Labute approximate surface area is 111 Å². The molecule has 0 amide bonds. The second-order valence-corrected chi connectivity index (χ2v) is 4.55. The molecule has 0 aliphatic carbocycles. The second kappa shape index (κ2) is 6.12. The van der Waals surface area contributed by atoms with E-state index in [9.17, 15) is 15.3 Å². The van der Waals surface area contributed by atoms with Crippen LogP contribution >= 0.6 is 0 Å². The maximum atomic E-state index is 9.81. The van der Waals surface area contributed by atoms with E-state index in [0.29, 0.717) is 6.54 Å². The van der Waals surface area contributed by atoms with Crippen molar-refractivity contribution in [3.63, 3.8) is 0 Å². The summed E-state index contributed by atoms with van der Waals surface area (Å²) in [5.41, 5.74) is 0.963. The number of benzene rings is 1. The molecule has 5 N–H and O–H groups in total. The van der Waals surface area contributed by atoms with Crippen LogP contribution in [0.4, 0.5) is 0 Å². The van der Waals surface area contributed by atoms with Crippen molar-refractivity contribution in [1.82, 2.24) is 5.32 Å². The smallest absolute Gasteiger partial charge is 0.139 e. The predicted molar refractivity (Wildman–Crippen MR) is 69.6 cm³/mol. The molecule has 1 aromatic rings. The maximum Gasteiger partial charge on any atom is 0.139 e. The molecule has 0 spiro atoms. The van der Waals surface area contributed by atoms with E-state index >= 15 is 0 Å². The number of rotatable bonds is 3. The molecule has 1 saturated heterocycles. The van der Waals surface area contributed by atoms with E-state index in [1.54, 1.807) is 0 Å². The summed E-state index contributed by atoms with van der Waals surface area (Å²) in [5.74, 6) is 0.181. The highest BCUT2D eigenvalue weighted by Crippen LogP contribution is 2.13. The number of amidine groups is 1. The molecule has 0 unspecified atom stereocenters. The molecule has 0 saturated carbocycles. The fourth-order valence-electron chi connectivity index (χ4n) is 2.00. The van der Waals surface area contributed by atoms with E-state index in [4.69, 9.17) is 5.11 Å². The van der Waals surface area contributed by atoms with Crippen molar-refractivity contribution in [2.45, 2.75) is 30.9 Å². The summed E-state index contributed by atoms with van der Waals surface area (Å²) in [6, 6.07) is 8.73. The van der Waals surface area contributed by atoms with Gasteiger partial charge in [-0.05, 0) is 5.56 Å². The standard InChI is InChI=1S/C13H18N2O4/c16-7-9-10(17)11(18)12(19)13(15-9)14-6-8-4-2-1-3-5-8/h1-5,9-12,16-19H,6-7H2,(H,14,15)/t9-,10-,11+,12+/m1/s1. The van der Waals surface area contributed by atoms with Crippen LogP contribution in [0.25, 0.3) is 0 Å². The Morgan fingerprint density at radius 3 is 2.37 bits per heavy atom. The van der Waals surface area contributed by atoms with Crippen LogP contribution in [0.15, 0.2) is 35.3 Å². The van der Waals surface area contributed by atoms with Gasteiger partial charge in [0.2, 0.25) is 0 Å². The van der Waals surface area contributed by atoms with Gasteiger partial charge in [0, 0.05) is 0 Å². The molecule has 0 radical (unpaired) electrons. The second-order valence-electron chi connectivity index (χ2n) is 4.55. The zero-order valence-electron chi connectivity index (χ0n) is 10.3. The summed E-state index contributed by atoms with van der Waals surface area (Å²) in [6.45, 7) is -0.00347.